The van der Waals surface area contributed by atoms with Gasteiger partial charge in [-0.3, -0.25) is 4.79 Å². The van der Waals surface area contributed by atoms with Crippen LogP contribution in [0.2, 0.25) is 0 Å². The summed E-state index contributed by atoms with van der Waals surface area (Å²) in [5.74, 6) is -3.55. The zero-order valence-corrected chi connectivity index (χ0v) is 8.55. The molecule has 0 fully saturated rings. The maximum absolute atomic E-state index is 12.6. The summed E-state index contributed by atoms with van der Waals surface area (Å²) in [4.78, 5) is 21.7. The first-order valence-electron chi connectivity index (χ1n) is 4.59. The number of halogens is 1. The standard InChI is InChI=1S/C10H10FNO5/c11-5-1-2-6(7(13)3-5)9(15)12-4-8(14)10(16)17/h1-3,8,13-14H,4H2,(H,12,15)(H,16,17)/t8-/m0/s1. The number of aliphatic hydroxyl groups is 1. The summed E-state index contributed by atoms with van der Waals surface area (Å²) in [5.41, 5.74) is -0.205. The molecule has 0 unspecified atom stereocenters. The number of amides is 1. The van der Waals surface area contributed by atoms with Crippen molar-refractivity contribution in [2.24, 2.45) is 0 Å². The van der Waals surface area contributed by atoms with Gasteiger partial charge in [-0.1, -0.05) is 0 Å². The third-order valence-corrected chi connectivity index (χ3v) is 1.95. The Bertz CT molecular complexity index is 448. The lowest BCUT2D eigenvalue weighted by Crippen LogP contribution is -2.36. The van der Waals surface area contributed by atoms with Crippen molar-refractivity contribution in [1.82, 2.24) is 5.32 Å². The average molecular weight is 243 g/mol. The first-order valence-corrected chi connectivity index (χ1v) is 4.59. The molecule has 0 bridgehead atoms. The Balaban J connectivity index is 2.67. The van der Waals surface area contributed by atoms with E-state index in [1.54, 1.807) is 0 Å². The molecule has 1 aromatic carbocycles. The summed E-state index contributed by atoms with van der Waals surface area (Å²) >= 11 is 0. The number of aliphatic hydroxyl groups excluding tert-OH is 1. The Morgan fingerprint density at radius 1 is 1.41 bits per heavy atom. The van der Waals surface area contributed by atoms with Gasteiger partial charge in [0.25, 0.3) is 5.91 Å². The lowest BCUT2D eigenvalue weighted by Gasteiger charge is -2.08. The van der Waals surface area contributed by atoms with Crippen LogP contribution in [0.4, 0.5) is 4.39 Å². The highest BCUT2D eigenvalue weighted by molar-refractivity contribution is 5.97. The third kappa shape index (κ3) is 3.42. The first-order chi connectivity index (χ1) is 7.91. The number of benzene rings is 1. The number of carbonyl (C=O) groups is 2. The third-order valence-electron chi connectivity index (χ3n) is 1.95. The van der Waals surface area contributed by atoms with E-state index in [2.05, 4.69) is 5.32 Å². The smallest absolute Gasteiger partial charge is 0.334 e. The molecule has 0 saturated carbocycles. The predicted molar refractivity (Wildman–Crippen MR) is 54.0 cm³/mol. The molecule has 92 valence electrons. The van der Waals surface area contributed by atoms with Gasteiger partial charge < -0.3 is 20.6 Å². The number of carboxylic acid groups (broad SMARTS) is 1. The molecule has 0 aliphatic heterocycles. The lowest BCUT2D eigenvalue weighted by atomic mass is 10.2. The van der Waals surface area contributed by atoms with Crippen LogP contribution in [0.25, 0.3) is 0 Å². The molecule has 1 aromatic rings. The second kappa shape index (κ2) is 5.26. The van der Waals surface area contributed by atoms with Gasteiger partial charge in [0, 0.05) is 6.07 Å². The quantitative estimate of drug-likeness (QED) is 0.581. The summed E-state index contributed by atoms with van der Waals surface area (Å²) in [5, 5.41) is 28.6. The van der Waals surface area contributed by atoms with Gasteiger partial charge in [-0.25, -0.2) is 9.18 Å². The van der Waals surface area contributed by atoms with Gasteiger partial charge in [0.05, 0.1) is 12.1 Å². The molecule has 0 radical (unpaired) electrons. The Morgan fingerprint density at radius 2 is 2.06 bits per heavy atom. The highest BCUT2D eigenvalue weighted by atomic mass is 19.1. The zero-order chi connectivity index (χ0) is 13.0. The normalized spacial score (nSPS) is 11.9. The van der Waals surface area contributed by atoms with Gasteiger partial charge in [0.15, 0.2) is 6.10 Å². The van der Waals surface area contributed by atoms with Gasteiger partial charge in [-0.2, -0.15) is 0 Å². The van der Waals surface area contributed by atoms with Crippen molar-refractivity contribution >= 4 is 11.9 Å². The van der Waals surface area contributed by atoms with Crippen molar-refractivity contribution < 1.29 is 29.3 Å². The first kappa shape index (κ1) is 12.9. The lowest BCUT2D eigenvalue weighted by molar-refractivity contribution is -0.146. The summed E-state index contributed by atoms with van der Waals surface area (Å²) in [6.45, 7) is -0.509. The van der Waals surface area contributed by atoms with Crippen LogP contribution < -0.4 is 5.32 Å². The monoisotopic (exact) mass is 243 g/mol. The number of rotatable bonds is 4. The summed E-state index contributed by atoms with van der Waals surface area (Å²) in [6.07, 6.45) is -1.73. The molecule has 0 aliphatic carbocycles. The number of hydrogen-bond donors (Lipinski definition) is 4. The van der Waals surface area contributed by atoms with Gasteiger partial charge in [-0.05, 0) is 12.1 Å². The van der Waals surface area contributed by atoms with Crippen molar-refractivity contribution in [3.63, 3.8) is 0 Å². The van der Waals surface area contributed by atoms with E-state index >= 15 is 0 Å². The molecule has 0 aromatic heterocycles. The van der Waals surface area contributed by atoms with Gasteiger partial charge in [-0.15, -0.1) is 0 Å². The minimum atomic E-state index is -1.73. The van der Waals surface area contributed by atoms with E-state index in [0.717, 1.165) is 18.2 Å². The van der Waals surface area contributed by atoms with Crippen molar-refractivity contribution in [2.75, 3.05) is 6.54 Å². The van der Waals surface area contributed by atoms with Crippen LogP contribution in [-0.2, 0) is 4.79 Å². The molecule has 6 nitrogen and oxygen atoms in total. The largest absolute Gasteiger partial charge is 0.507 e. The fourth-order valence-electron chi connectivity index (χ4n) is 1.07. The van der Waals surface area contributed by atoms with E-state index in [1.807, 2.05) is 0 Å². The van der Waals surface area contributed by atoms with Crippen LogP contribution in [0.5, 0.6) is 5.75 Å². The topological polar surface area (TPSA) is 107 Å². The number of carbonyl (C=O) groups excluding carboxylic acids is 1. The summed E-state index contributed by atoms with van der Waals surface area (Å²) < 4.78 is 12.6. The van der Waals surface area contributed by atoms with Crippen LogP contribution in [0.3, 0.4) is 0 Å². The van der Waals surface area contributed by atoms with E-state index in [1.165, 1.54) is 0 Å². The van der Waals surface area contributed by atoms with Gasteiger partial charge >= 0.3 is 5.97 Å². The molecular formula is C10H10FNO5. The fourth-order valence-corrected chi connectivity index (χ4v) is 1.07. The van der Waals surface area contributed by atoms with Crippen molar-refractivity contribution in [3.05, 3.63) is 29.6 Å². The number of carboxylic acids is 1. The number of phenolic OH excluding ortho intramolecular Hbond substituents is 1. The fraction of sp³-hybridized carbons (Fsp3) is 0.200. The second-order valence-electron chi connectivity index (χ2n) is 3.23. The van der Waals surface area contributed by atoms with Gasteiger partial charge in [0.2, 0.25) is 0 Å². The Kier molecular flexibility index (Phi) is 4.00. The van der Waals surface area contributed by atoms with Crippen LogP contribution in [0.1, 0.15) is 10.4 Å². The molecule has 0 aliphatic rings. The Labute approximate surface area is 95.3 Å². The van der Waals surface area contributed by atoms with Crippen LogP contribution in [0, 0.1) is 5.82 Å². The zero-order valence-electron chi connectivity index (χ0n) is 8.55. The van der Waals surface area contributed by atoms with E-state index in [9.17, 15) is 19.1 Å². The molecule has 7 heteroatoms. The number of nitrogens with one attached hydrogen (secondary N) is 1. The molecule has 0 heterocycles. The SMILES string of the molecule is O=C(NC[C@H](O)C(=O)O)c1ccc(F)cc1O. The van der Waals surface area contributed by atoms with Crippen molar-refractivity contribution in [2.45, 2.75) is 6.10 Å². The van der Waals surface area contributed by atoms with Crippen LogP contribution in [0.15, 0.2) is 18.2 Å². The number of phenols is 1. The second-order valence-corrected chi connectivity index (χ2v) is 3.23. The Hall–Kier alpha value is -2.15. The molecule has 1 amide bonds. The molecule has 4 N–H and O–H groups in total. The highest BCUT2D eigenvalue weighted by Gasteiger charge is 2.16. The molecule has 0 saturated heterocycles. The summed E-state index contributed by atoms with van der Waals surface area (Å²) in [7, 11) is 0. The minimum absolute atomic E-state index is 0.205. The predicted octanol–water partition coefficient (Wildman–Crippen LogP) is -0.293. The van der Waals surface area contributed by atoms with Crippen molar-refractivity contribution in [1.29, 1.82) is 0 Å². The molecular weight excluding hydrogens is 233 g/mol. The van der Waals surface area contributed by atoms with E-state index in [4.69, 9.17) is 10.2 Å². The highest BCUT2D eigenvalue weighted by Crippen LogP contribution is 2.17. The summed E-state index contributed by atoms with van der Waals surface area (Å²) in [6, 6.07) is 2.78. The maximum atomic E-state index is 12.6. The molecule has 17 heavy (non-hydrogen) atoms. The number of aromatic hydroxyl groups is 1. The van der Waals surface area contributed by atoms with Crippen LogP contribution >= 0.6 is 0 Å². The molecule has 0 spiro atoms. The van der Waals surface area contributed by atoms with E-state index in [0.29, 0.717) is 0 Å². The van der Waals surface area contributed by atoms with E-state index < -0.39 is 36.1 Å². The maximum Gasteiger partial charge on any atom is 0.334 e. The molecule has 1 atom stereocenters. The minimum Gasteiger partial charge on any atom is -0.507 e. The van der Waals surface area contributed by atoms with E-state index in [-0.39, 0.29) is 5.56 Å². The van der Waals surface area contributed by atoms with Gasteiger partial charge in [0.1, 0.15) is 11.6 Å². The Morgan fingerprint density at radius 3 is 2.59 bits per heavy atom. The average Bonchev–Trinajstić information content (AvgIpc) is 2.25. The number of hydrogen-bond acceptors (Lipinski definition) is 4. The van der Waals surface area contributed by atoms with Crippen molar-refractivity contribution in [3.8, 4) is 5.75 Å². The molecule has 1 rings (SSSR count). The number of aliphatic carboxylic acids is 1. The van der Waals surface area contributed by atoms with Crippen LogP contribution in [-0.4, -0.2) is 39.8 Å².